The fourth-order valence-corrected chi connectivity index (χ4v) is 2.72. The van der Waals surface area contributed by atoms with Gasteiger partial charge in [0.15, 0.2) is 0 Å². The molecule has 0 atom stereocenters. The number of nitrogens with two attached hydrogens (primary N) is 1. The molecule has 0 aliphatic carbocycles. The summed E-state index contributed by atoms with van der Waals surface area (Å²) < 4.78 is 8.38. The molecule has 0 aliphatic rings. The van der Waals surface area contributed by atoms with Gasteiger partial charge in [-0.25, -0.2) is 4.79 Å². The molecule has 2 rings (SSSR count). The van der Waals surface area contributed by atoms with Crippen LogP contribution < -0.4 is 15.8 Å². The van der Waals surface area contributed by atoms with Crippen LogP contribution in [0, 0.1) is 0 Å². The first-order valence-corrected chi connectivity index (χ1v) is 7.70. The van der Waals surface area contributed by atoms with E-state index in [1.807, 2.05) is 7.05 Å². The van der Waals surface area contributed by atoms with Crippen molar-refractivity contribution < 1.29 is 14.6 Å². The van der Waals surface area contributed by atoms with Gasteiger partial charge in [-0.3, -0.25) is 4.68 Å². The van der Waals surface area contributed by atoms with Crippen molar-refractivity contribution in [3.63, 3.8) is 0 Å². The number of benzene rings is 1. The molecule has 1 amide bonds. The van der Waals surface area contributed by atoms with Crippen molar-refractivity contribution in [2.24, 2.45) is 7.05 Å². The number of nitrogen functional groups attached to an aromatic ring is 1. The van der Waals surface area contributed by atoms with Crippen molar-refractivity contribution in [3.05, 3.63) is 28.9 Å². The van der Waals surface area contributed by atoms with E-state index in [2.05, 4.69) is 26.3 Å². The third kappa shape index (κ3) is 4.16. The van der Waals surface area contributed by atoms with E-state index in [9.17, 15) is 4.79 Å². The van der Waals surface area contributed by atoms with Crippen LogP contribution in [0.3, 0.4) is 0 Å². The summed E-state index contributed by atoms with van der Waals surface area (Å²) >= 11 is 3.47. The molecule has 0 spiro atoms. The molecule has 7 nitrogen and oxygen atoms in total. The molecule has 1 heterocycles. The molecule has 0 saturated heterocycles. The van der Waals surface area contributed by atoms with Crippen LogP contribution in [0.4, 0.5) is 10.5 Å². The Morgan fingerprint density at radius 3 is 2.78 bits per heavy atom. The summed E-state index contributed by atoms with van der Waals surface area (Å²) in [4.78, 5) is 10.8. The second kappa shape index (κ2) is 6.49. The molecule has 0 unspecified atom stereocenters. The number of ether oxygens (including phenoxy) is 1. The highest BCUT2D eigenvalue weighted by Gasteiger charge is 2.22. The lowest BCUT2D eigenvalue weighted by Gasteiger charge is -2.25. The first-order chi connectivity index (χ1) is 10.7. The average Bonchev–Trinajstić information content (AvgIpc) is 2.75. The highest BCUT2D eigenvalue weighted by Crippen LogP contribution is 2.36. The van der Waals surface area contributed by atoms with Gasteiger partial charge in [-0.2, -0.15) is 5.10 Å². The summed E-state index contributed by atoms with van der Waals surface area (Å²) in [5.41, 5.74) is 7.37. The smallest absolute Gasteiger partial charge is 0.405 e. The third-order valence-corrected chi connectivity index (χ3v) is 3.77. The van der Waals surface area contributed by atoms with Gasteiger partial charge in [0, 0.05) is 18.3 Å². The van der Waals surface area contributed by atoms with E-state index in [4.69, 9.17) is 15.6 Å². The SMILES string of the molecule is Cn1ncc(Br)c1-c1cc(N)ccc1OCC(C)(C)NC(=O)O. The molecule has 1 aromatic carbocycles. The van der Waals surface area contributed by atoms with Crippen LogP contribution in [0.1, 0.15) is 13.8 Å². The summed E-state index contributed by atoms with van der Waals surface area (Å²) in [6.07, 6.45) is 0.601. The van der Waals surface area contributed by atoms with E-state index in [1.54, 1.807) is 42.9 Å². The molecule has 23 heavy (non-hydrogen) atoms. The Morgan fingerprint density at radius 2 is 2.22 bits per heavy atom. The number of aromatic nitrogens is 2. The maximum atomic E-state index is 10.8. The standard InChI is InChI=1S/C15H19BrN4O3/c1-15(2,19-14(21)22)8-23-12-5-4-9(17)6-10(12)13-11(16)7-18-20(13)3/h4-7,19H,8,17H2,1-3H3,(H,21,22). The maximum absolute atomic E-state index is 10.8. The van der Waals surface area contributed by atoms with Gasteiger partial charge < -0.3 is 20.9 Å². The average molecular weight is 383 g/mol. The zero-order valence-electron chi connectivity index (χ0n) is 13.1. The summed E-state index contributed by atoms with van der Waals surface area (Å²) in [6, 6.07) is 5.30. The summed E-state index contributed by atoms with van der Waals surface area (Å²) in [5.74, 6) is 0.601. The second-order valence-corrected chi connectivity index (χ2v) is 6.68. The number of hydrogen-bond donors (Lipinski definition) is 3. The molecule has 0 aliphatic heterocycles. The number of nitrogens with zero attached hydrogens (tertiary/aromatic N) is 2. The van der Waals surface area contributed by atoms with E-state index >= 15 is 0 Å². The lowest BCUT2D eigenvalue weighted by molar-refractivity contribution is 0.162. The van der Waals surface area contributed by atoms with Crippen molar-refractivity contribution in [1.29, 1.82) is 0 Å². The van der Waals surface area contributed by atoms with Gasteiger partial charge in [-0.15, -0.1) is 0 Å². The highest BCUT2D eigenvalue weighted by atomic mass is 79.9. The zero-order valence-corrected chi connectivity index (χ0v) is 14.7. The topological polar surface area (TPSA) is 102 Å². The van der Waals surface area contributed by atoms with E-state index in [-0.39, 0.29) is 6.61 Å². The van der Waals surface area contributed by atoms with E-state index in [0.29, 0.717) is 11.4 Å². The predicted octanol–water partition coefficient (Wildman–Crippen LogP) is 2.86. The van der Waals surface area contributed by atoms with Gasteiger partial charge in [-0.1, -0.05) is 0 Å². The fraction of sp³-hybridized carbons (Fsp3) is 0.333. The number of rotatable bonds is 5. The minimum Gasteiger partial charge on any atom is -0.490 e. The first kappa shape index (κ1) is 17.1. The summed E-state index contributed by atoms with van der Waals surface area (Å²) in [7, 11) is 1.82. The molecule has 2 aromatic rings. The number of anilines is 1. The lowest BCUT2D eigenvalue weighted by Crippen LogP contribution is -2.47. The van der Waals surface area contributed by atoms with Crippen LogP contribution in [-0.4, -0.2) is 33.1 Å². The van der Waals surface area contributed by atoms with Gasteiger partial charge >= 0.3 is 6.09 Å². The van der Waals surface area contributed by atoms with Crippen LogP contribution in [0.2, 0.25) is 0 Å². The van der Waals surface area contributed by atoms with Crippen molar-refractivity contribution in [3.8, 4) is 17.0 Å². The molecule has 1 aromatic heterocycles. The van der Waals surface area contributed by atoms with Crippen LogP contribution in [-0.2, 0) is 7.05 Å². The largest absolute Gasteiger partial charge is 0.490 e. The Bertz CT molecular complexity index is 708. The van der Waals surface area contributed by atoms with E-state index in [1.165, 1.54) is 0 Å². The Hall–Kier alpha value is -2.22. The van der Waals surface area contributed by atoms with Gasteiger partial charge in [0.2, 0.25) is 0 Å². The number of hydrogen-bond acceptors (Lipinski definition) is 4. The Morgan fingerprint density at radius 1 is 1.52 bits per heavy atom. The molecule has 0 fully saturated rings. The van der Waals surface area contributed by atoms with E-state index in [0.717, 1.165) is 15.7 Å². The molecule has 0 radical (unpaired) electrons. The minimum absolute atomic E-state index is 0.172. The Kier molecular flexibility index (Phi) is 4.84. The second-order valence-electron chi connectivity index (χ2n) is 5.82. The quantitative estimate of drug-likeness (QED) is 0.689. The molecule has 0 bridgehead atoms. The van der Waals surface area contributed by atoms with Gasteiger partial charge in [0.25, 0.3) is 0 Å². The molecule has 8 heteroatoms. The Balaban J connectivity index is 2.32. The van der Waals surface area contributed by atoms with Crippen LogP contribution in [0.5, 0.6) is 5.75 Å². The van der Waals surface area contributed by atoms with Crippen molar-refractivity contribution >= 4 is 27.7 Å². The third-order valence-electron chi connectivity index (χ3n) is 3.19. The van der Waals surface area contributed by atoms with Crippen molar-refractivity contribution in [1.82, 2.24) is 15.1 Å². The van der Waals surface area contributed by atoms with Crippen LogP contribution in [0.25, 0.3) is 11.3 Å². The van der Waals surface area contributed by atoms with Gasteiger partial charge in [-0.05, 0) is 48.0 Å². The fourth-order valence-electron chi connectivity index (χ4n) is 2.16. The van der Waals surface area contributed by atoms with Crippen LogP contribution in [0.15, 0.2) is 28.9 Å². The number of aryl methyl sites for hydroxylation is 1. The molecule has 4 N–H and O–H groups in total. The molecular weight excluding hydrogens is 364 g/mol. The van der Waals surface area contributed by atoms with Gasteiger partial charge in [0.05, 0.1) is 21.9 Å². The number of nitrogens with one attached hydrogen (secondary N) is 1. The van der Waals surface area contributed by atoms with Crippen LogP contribution >= 0.6 is 15.9 Å². The molecule has 124 valence electrons. The van der Waals surface area contributed by atoms with Gasteiger partial charge in [0.1, 0.15) is 12.4 Å². The minimum atomic E-state index is -1.09. The Labute approximate surface area is 142 Å². The summed E-state index contributed by atoms with van der Waals surface area (Å²) in [6.45, 7) is 3.67. The number of carboxylic acid groups (broad SMARTS) is 1. The number of amides is 1. The molecular formula is C15H19BrN4O3. The number of halogens is 1. The predicted molar refractivity (Wildman–Crippen MR) is 91.5 cm³/mol. The van der Waals surface area contributed by atoms with E-state index < -0.39 is 11.6 Å². The van der Waals surface area contributed by atoms with Crippen molar-refractivity contribution in [2.45, 2.75) is 19.4 Å². The highest BCUT2D eigenvalue weighted by molar-refractivity contribution is 9.10. The van der Waals surface area contributed by atoms with Crippen molar-refractivity contribution in [2.75, 3.05) is 12.3 Å². The molecule has 0 saturated carbocycles. The summed E-state index contributed by atoms with van der Waals surface area (Å²) in [5, 5.41) is 15.5. The monoisotopic (exact) mass is 382 g/mol. The normalized spacial score (nSPS) is 11.3. The lowest BCUT2D eigenvalue weighted by atomic mass is 10.1. The maximum Gasteiger partial charge on any atom is 0.405 e. The first-order valence-electron chi connectivity index (χ1n) is 6.91. The zero-order chi connectivity index (χ0) is 17.2. The number of carbonyl (C=O) groups is 1.